The van der Waals surface area contributed by atoms with E-state index in [9.17, 15) is 13.6 Å². The highest BCUT2D eigenvalue weighted by Gasteiger charge is 2.29. The average Bonchev–Trinajstić information content (AvgIpc) is 2.95. The Kier molecular flexibility index (Phi) is 5.01. The Hall–Kier alpha value is -2.44. The van der Waals surface area contributed by atoms with Crippen molar-refractivity contribution in [3.05, 3.63) is 51.9 Å². The molecule has 1 aliphatic heterocycles. The lowest BCUT2D eigenvalue weighted by Crippen LogP contribution is -2.31. The number of rotatable bonds is 6. The van der Waals surface area contributed by atoms with Crippen LogP contribution in [0.15, 0.2) is 29.1 Å². The molecule has 3 rings (SSSR count). The van der Waals surface area contributed by atoms with Crippen molar-refractivity contribution in [1.29, 1.82) is 0 Å². The van der Waals surface area contributed by atoms with Crippen LogP contribution in [0.4, 0.5) is 14.6 Å². The lowest BCUT2D eigenvalue weighted by Gasteiger charge is -2.24. The Balaban J connectivity index is 1.82. The molecule has 0 aliphatic carbocycles. The predicted molar refractivity (Wildman–Crippen MR) is 90.9 cm³/mol. The zero-order valence-corrected chi connectivity index (χ0v) is 14.3. The first kappa shape index (κ1) is 17.4. The lowest BCUT2D eigenvalue weighted by atomic mass is 10.2. The van der Waals surface area contributed by atoms with Gasteiger partial charge in [0.2, 0.25) is 5.88 Å². The summed E-state index contributed by atoms with van der Waals surface area (Å²) in [6, 6.07) is 5.58. The Morgan fingerprint density at radius 3 is 2.72 bits per heavy atom. The van der Waals surface area contributed by atoms with Crippen LogP contribution >= 0.6 is 0 Å². The van der Waals surface area contributed by atoms with Gasteiger partial charge in [0.25, 0.3) is 0 Å². The van der Waals surface area contributed by atoms with Crippen molar-refractivity contribution in [2.75, 3.05) is 11.4 Å². The molecule has 1 atom stereocenters. The summed E-state index contributed by atoms with van der Waals surface area (Å²) < 4.78 is 33.4. The minimum absolute atomic E-state index is 0.0120. The maximum Gasteiger partial charge on any atom is 0.352 e. The van der Waals surface area contributed by atoms with E-state index in [1.807, 2.05) is 0 Å². The third-order valence-electron chi connectivity index (χ3n) is 4.40. The van der Waals surface area contributed by atoms with Crippen molar-refractivity contribution >= 4 is 5.82 Å². The van der Waals surface area contributed by atoms with E-state index >= 15 is 0 Å². The number of fused-ring (bicyclic) bond motifs is 1. The van der Waals surface area contributed by atoms with Crippen LogP contribution in [-0.2, 0) is 13.2 Å². The van der Waals surface area contributed by atoms with Gasteiger partial charge in [-0.2, -0.15) is 4.98 Å². The highest BCUT2D eigenvalue weighted by molar-refractivity contribution is 5.46. The van der Waals surface area contributed by atoms with E-state index in [1.165, 1.54) is 6.07 Å². The molecule has 2 heterocycles. The Bertz CT molecular complexity index is 822. The minimum atomic E-state index is -0.928. The second-order valence-corrected chi connectivity index (χ2v) is 6.14. The summed E-state index contributed by atoms with van der Waals surface area (Å²) in [5.41, 5.74) is 0.119. The van der Waals surface area contributed by atoms with Crippen molar-refractivity contribution in [2.45, 2.75) is 45.9 Å². The minimum Gasteiger partial charge on any atom is -0.473 e. The predicted octanol–water partition coefficient (Wildman–Crippen LogP) is 3.11. The molecule has 0 spiro atoms. The van der Waals surface area contributed by atoms with Crippen molar-refractivity contribution in [1.82, 2.24) is 9.55 Å². The van der Waals surface area contributed by atoms with E-state index in [-0.39, 0.29) is 24.2 Å². The number of halogens is 2. The van der Waals surface area contributed by atoms with Gasteiger partial charge in [0.1, 0.15) is 12.4 Å². The van der Waals surface area contributed by atoms with Crippen LogP contribution in [0.3, 0.4) is 0 Å². The Morgan fingerprint density at radius 1 is 1.24 bits per heavy atom. The fourth-order valence-corrected chi connectivity index (χ4v) is 3.13. The molecule has 0 saturated carbocycles. The average molecular weight is 349 g/mol. The monoisotopic (exact) mass is 349 g/mol. The molecule has 0 bridgehead atoms. The molecule has 0 amide bonds. The first-order valence-electron chi connectivity index (χ1n) is 8.48. The number of anilines is 1. The first-order chi connectivity index (χ1) is 12.0. The van der Waals surface area contributed by atoms with E-state index in [2.05, 4.69) is 23.7 Å². The molecule has 0 N–H and O–H groups in total. The maximum atomic E-state index is 13.3. The van der Waals surface area contributed by atoms with Crippen LogP contribution in [0.1, 0.15) is 32.3 Å². The first-order valence-corrected chi connectivity index (χ1v) is 8.48. The SMILES string of the molecule is CCCN1c2cc(OCc3ccc(F)c(F)c3)nc(=O)n2CC1CC. The summed E-state index contributed by atoms with van der Waals surface area (Å²) >= 11 is 0. The topological polar surface area (TPSA) is 47.4 Å². The highest BCUT2D eigenvalue weighted by Crippen LogP contribution is 2.28. The number of benzene rings is 1. The number of ether oxygens (including phenoxy) is 1. The second-order valence-electron chi connectivity index (χ2n) is 6.14. The molecule has 1 aliphatic rings. The van der Waals surface area contributed by atoms with E-state index in [1.54, 1.807) is 10.6 Å². The van der Waals surface area contributed by atoms with Crippen molar-refractivity contribution in [3.8, 4) is 5.88 Å². The fourth-order valence-electron chi connectivity index (χ4n) is 3.13. The second kappa shape index (κ2) is 7.21. The van der Waals surface area contributed by atoms with Crippen LogP contribution in [-0.4, -0.2) is 22.1 Å². The van der Waals surface area contributed by atoms with Gasteiger partial charge in [-0.3, -0.25) is 4.57 Å². The van der Waals surface area contributed by atoms with Crippen LogP contribution in [0.25, 0.3) is 0 Å². The molecular formula is C18H21F2N3O2. The van der Waals surface area contributed by atoms with Gasteiger partial charge in [0, 0.05) is 25.2 Å². The van der Waals surface area contributed by atoms with E-state index in [0.29, 0.717) is 12.1 Å². The van der Waals surface area contributed by atoms with Crippen molar-refractivity contribution in [2.24, 2.45) is 0 Å². The van der Waals surface area contributed by atoms with Gasteiger partial charge in [-0.25, -0.2) is 13.6 Å². The lowest BCUT2D eigenvalue weighted by molar-refractivity contribution is 0.290. The van der Waals surface area contributed by atoms with Gasteiger partial charge >= 0.3 is 5.69 Å². The molecule has 0 fully saturated rings. The van der Waals surface area contributed by atoms with Gasteiger partial charge in [-0.15, -0.1) is 0 Å². The number of aromatic nitrogens is 2. The van der Waals surface area contributed by atoms with Gasteiger partial charge in [0.05, 0.1) is 0 Å². The molecule has 1 unspecified atom stereocenters. The molecular weight excluding hydrogens is 328 g/mol. The van der Waals surface area contributed by atoms with E-state index in [4.69, 9.17) is 4.74 Å². The summed E-state index contributed by atoms with van der Waals surface area (Å²) in [7, 11) is 0. The molecule has 1 aromatic carbocycles. The smallest absolute Gasteiger partial charge is 0.352 e. The van der Waals surface area contributed by atoms with Gasteiger partial charge < -0.3 is 9.64 Å². The molecule has 0 radical (unpaired) electrons. The molecule has 25 heavy (non-hydrogen) atoms. The summed E-state index contributed by atoms with van der Waals surface area (Å²) in [5.74, 6) is -0.839. The molecule has 2 aromatic rings. The molecule has 5 nitrogen and oxygen atoms in total. The summed E-state index contributed by atoms with van der Waals surface area (Å²) in [5, 5.41) is 0. The third-order valence-corrected chi connectivity index (χ3v) is 4.40. The standard InChI is InChI=1S/C18H21F2N3O2/c1-3-7-22-13(4-2)10-23-17(22)9-16(21-18(23)24)25-11-12-5-6-14(19)15(20)8-12/h5-6,8-9,13H,3-4,7,10-11H2,1-2H3. The summed E-state index contributed by atoms with van der Waals surface area (Å²) in [4.78, 5) is 18.4. The van der Waals surface area contributed by atoms with Gasteiger partial charge in [-0.1, -0.05) is 19.9 Å². The quantitative estimate of drug-likeness (QED) is 0.804. The number of hydrogen-bond acceptors (Lipinski definition) is 4. The highest BCUT2D eigenvalue weighted by atomic mass is 19.2. The number of hydrogen-bond donors (Lipinski definition) is 0. The zero-order valence-electron chi connectivity index (χ0n) is 14.3. The van der Waals surface area contributed by atoms with Crippen LogP contribution in [0, 0.1) is 11.6 Å². The Morgan fingerprint density at radius 2 is 2.04 bits per heavy atom. The Labute approximate surface area is 144 Å². The molecule has 7 heteroatoms. The largest absolute Gasteiger partial charge is 0.473 e. The van der Waals surface area contributed by atoms with Crippen LogP contribution < -0.4 is 15.3 Å². The molecule has 1 aromatic heterocycles. The van der Waals surface area contributed by atoms with E-state index in [0.717, 1.165) is 37.3 Å². The number of nitrogens with zero attached hydrogens (tertiary/aromatic N) is 3. The zero-order chi connectivity index (χ0) is 18.0. The van der Waals surface area contributed by atoms with Gasteiger partial charge in [0.15, 0.2) is 11.6 Å². The van der Waals surface area contributed by atoms with Gasteiger partial charge in [-0.05, 0) is 30.5 Å². The summed E-state index contributed by atoms with van der Waals surface area (Å²) in [6.07, 6.45) is 1.91. The molecule has 134 valence electrons. The third kappa shape index (κ3) is 3.50. The summed E-state index contributed by atoms with van der Waals surface area (Å²) in [6.45, 7) is 5.68. The van der Waals surface area contributed by atoms with E-state index < -0.39 is 11.6 Å². The van der Waals surface area contributed by atoms with Crippen LogP contribution in [0.2, 0.25) is 0 Å². The normalized spacial score (nSPS) is 16.2. The van der Waals surface area contributed by atoms with Crippen molar-refractivity contribution < 1.29 is 13.5 Å². The fraction of sp³-hybridized carbons (Fsp3) is 0.444. The maximum absolute atomic E-state index is 13.3. The molecule has 0 saturated heterocycles. The van der Waals surface area contributed by atoms with Crippen LogP contribution in [0.5, 0.6) is 5.88 Å². The van der Waals surface area contributed by atoms with Crippen molar-refractivity contribution in [3.63, 3.8) is 0 Å².